The molecule has 0 bridgehead atoms. The maximum atomic E-state index is 5.66. The van der Waals surface area contributed by atoms with Gasteiger partial charge < -0.3 is 10.6 Å². The maximum absolute atomic E-state index is 5.66. The Hall–Kier alpha value is -0.920. The molecule has 0 saturated heterocycles. The number of likely N-dealkylation sites (N-methyl/N-ethyl adjacent to an activating group) is 1. The molecule has 0 atom stereocenters. The van der Waals surface area contributed by atoms with Gasteiger partial charge in [-0.2, -0.15) is 5.10 Å². The molecule has 5 nitrogen and oxygen atoms in total. The summed E-state index contributed by atoms with van der Waals surface area (Å²) in [6.45, 7) is 1.78. The second kappa shape index (κ2) is 5.16. The molecule has 17 heavy (non-hydrogen) atoms. The summed E-state index contributed by atoms with van der Waals surface area (Å²) in [6, 6.07) is 0. The number of nitrogen functional groups attached to an aromatic ring is 1. The molecule has 0 radical (unpaired) electrons. The lowest BCUT2D eigenvalue weighted by Gasteiger charge is -2.11. The monoisotopic (exact) mass is 315 g/mol. The average Bonchev–Trinajstić information content (AvgIpc) is 2.82. The van der Waals surface area contributed by atoms with Crippen molar-refractivity contribution in [2.45, 2.75) is 6.54 Å². The molecule has 0 fully saturated rings. The molecular weight excluding hydrogens is 302 g/mol. The number of halogens is 1. The van der Waals surface area contributed by atoms with Gasteiger partial charge in [0, 0.05) is 12.7 Å². The highest BCUT2D eigenvalue weighted by molar-refractivity contribution is 9.10. The second-order valence-electron chi connectivity index (χ2n) is 3.93. The fourth-order valence-electron chi connectivity index (χ4n) is 1.47. The van der Waals surface area contributed by atoms with Gasteiger partial charge in [-0.1, -0.05) is 11.3 Å². The smallest absolute Gasteiger partial charge is 0.180 e. The van der Waals surface area contributed by atoms with Crippen LogP contribution in [0.4, 0.5) is 5.13 Å². The number of hydrogen-bond donors (Lipinski definition) is 1. The van der Waals surface area contributed by atoms with E-state index in [9.17, 15) is 0 Å². The Labute approximate surface area is 112 Å². The van der Waals surface area contributed by atoms with Gasteiger partial charge >= 0.3 is 0 Å². The molecule has 2 aromatic rings. The van der Waals surface area contributed by atoms with Crippen LogP contribution in [0.2, 0.25) is 0 Å². The van der Waals surface area contributed by atoms with E-state index in [4.69, 9.17) is 5.73 Å². The molecule has 2 heterocycles. The summed E-state index contributed by atoms with van der Waals surface area (Å²) in [5.41, 5.74) is 6.70. The molecule has 0 spiro atoms. The van der Waals surface area contributed by atoms with Gasteiger partial charge in [0.05, 0.1) is 27.8 Å². The van der Waals surface area contributed by atoms with E-state index in [-0.39, 0.29) is 0 Å². The van der Waals surface area contributed by atoms with E-state index >= 15 is 0 Å². The molecule has 2 N–H and O–H groups in total. The summed E-state index contributed by atoms with van der Waals surface area (Å²) >= 11 is 4.98. The van der Waals surface area contributed by atoms with Gasteiger partial charge in [0.1, 0.15) is 0 Å². The zero-order chi connectivity index (χ0) is 12.4. The van der Waals surface area contributed by atoms with E-state index < -0.39 is 0 Å². The molecule has 0 unspecified atom stereocenters. The van der Waals surface area contributed by atoms with Crippen molar-refractivity contribution in [3.8, 4) is 10.6 Å². The van der Waals surface area contributed by atoms with Crippen LogP contribution < -0.4 is 5.73 Å². The lowest BCUT2D eigenvalue weighted by atomic mass is 10.4. The number of nitrogens with zero attached hydrogens (tertiary/aromatic N) is 4. The van der Waals surface area contributed by atoms with E-state index in [0.29, 0.717) is 5.13 Å². The topological polar surface area (TPSA) is 60.0 Å². The number of thiazole rings is 1. The maximum Gasteiger partial charge on any atom is 0.180 e. The first-order chi connectivity index (χ1) is 8.08. The van der Waals surface area contributed by atoms with Crippen LogP contribution in [0.15, 0.2) is 16.9 Å². The van der Waals surface area contributed by atoms with Crippen molar-refractivity contribution in [2.24, 2.45) is 0 Å². The Balaban J connectivity index is 2.29. The van der Waals surface area contributed by atoms with Crippen LogP contribution in [-0.4, -0.2) is 40.3 Å². The molecule has 2 rings (SSSR count). The van der Waals surface area contributed by atoms with Crippen LogP contribution in [0.5, 0.6) is 0 Å². The third-order valence-electron chi connectivity index (χ3n) is 2.31. The fraction of sp³-hybridized carbons (Fsp3) is 0.400. The summed E-state index contributed by atoms with van der Waals surface area (Å²) in [5.74, 6) is 0. The van der Waals surface area contributed by atoms with Gasteiger partial charge in [0.15, 0.2) is 5.13 Å². The summed E-state index contributed by atoms with van der Waals surface area (Å²) in [4.78, 5) is 7.23. The predicted octanol–water partition coefficient (Wildman–Crippen LogP) is 1.91. The van der Waals surface area contributed by atoms with Crippen molar-refractivity contribution >= 4 is 32.4 Å². The van der Waals surface area contributed by atoms with Crippen LogP contribution in [0.25, 0.3) is 10.6 Å². The molecule has 0 amide bonds. The summed E-state index contributed by atoms with van der Waals surface area (Å²) in [5, 5.41) is 4.93. The molecule has 2 aromatic heterocycles. The van der Waals surface area contributed by atoms with Gasteiger partial charge in [0.2, 0.25) is 0 Å². The van der Waals surface area contributed by atoms with Gasteiger partial charge in [0.25, 0.3) is 0 Å². The number of nitrogens with two attached hydrogens (primary N) is 1. The average molecular weight is 316 g/mol. The highest BCUT2D eigenvalue weighted by Gasteiger charge is 2.13. The predicted molar refractivity (Wildman–Crippen MR) is 74.0 cm³/mol. The first kappa shape index (κ1) is 12.5. The minimum atomic E-state index is 0.576. The Morgan fingerprint density at radius 2 is 2.24 bits per heavy atom. The number of anilines is 1. The van der Waals surface area contributed by atoms with Crippen molar-refractivity contribution in [3.05, 3.63) is 16.9 Å². The van der Waals surface area contributed by atoms with Crippen LogP contribution in [-0.2, 0) is 6.54 Å². The summed E-state index contributed by atoms with van der Waals surface area (Å²) in [7, 11) is 4.09. The molecule has 0 aliphatic heterocycles. The third kappa shape index (κ3) is 2.85. The zero-order valence-electron chi connectivity index (χ0n) is 9.72. The molecular formula is C10H14BrN5S. The lowest BCUT2D eigenvalue weighted by molar-refractivity contribution is 0.374. The number of hydrogen-bond acceptors (Lipinski definition) is 5. The van der Waals surface area contributed by atoms with E-state index in [0.717, 1.165) is 28.1 Å². The standard InChI is InChI=1S/C10H14BrN5S/c1-15(2)3-4-16-9(7(11)5-14-16)8-6-13-10(12)17-8/h5-6H,3-4H2,1-2H3,(H2,12,13). The van der Waals surface area contributed by atoms with Crippen molar-refractivity contribution in [1.29, 1.82) is 0 Å². The van der Waals surface area contributed by atoms with Gasteiger partial charge in [-0.15, -0.1) is 0 Å². The highest BCUT2D eigenvalue weighted by atomic mass is 79.9. The third-order valence-corrected chi connectivity index (χ3v) is 3.72. The molecule has 0 saturated carbocycles. The van der Waals surface area contributed by atoms with Gasteiger partial charge in [-0.05, 0) is 30.0 Å². The SMILES string of the molecule is CN(C)CCn1ncc(Br)c1-c1cnc(N)s1. The molecule has 0 aliphatic rings. The van der Waals surface area contributed by atoms with Gasteiger partial charge in [-0.3, -0.25) is 4.68 Å². The van der Waals surface area contributed by atoms with E-state index in [1.165, 1.54) is 11.3 Å². The largest absolute Gasteiger partial charge is 0.375 e. The first-order valence-electron chi connectivity index (χ1n) is 5.15. The lowest BCUT2D eigenvalue weighted by Crippen LogP contribution is -2.19. The van der Waals surface area contributed by atoms with E-state index in [1.807, 2.05) is 18.8 Å². The van der Waals surface area contributed by atoms with Crippen molar-refractivity contribution < 1.29 is 0 Å². The molecule has 7 heteroatoms. The van der Waals surface area contributed by atoms with Crippen LogP contribution in [0.3, 0.4) is 0 Å². The van der Waals surface area contributed by atoms with E-state index in [1.54, 1.807) is 12.4 Å². The minimum Gasteiger partial charge on any atom is -0.375 e. The second-order valence-corrected chi connectivity index (χ2v) is 5.85. The Morgan fingerprint density at radius 1 is 1.47 bits per heavy atom. The quantitative estimate of drug-likeness (QED) is 0.936. The normalized spacial score (nSPS) is 11.3. The summed E-state index contributed by atoms with van der Waals surface area (Å²) in [6.07, 6.45) is 3.59. The first-order valence-corrected chi connectivity index (χ1v) is 6.76. The zero-order valence-corrected chi connectivity index (χ0v) is 12.1. The van der Waals surface area contributed by atoms with E-state index in [2.05, 4.69) is 30.9 Å². The highest BCUT2D eigenvalue weighted by Crippen LogP contribution is 2.32. The van der Waals surface area contributed by atoms with Crippen molar-refractivity contribution in [1.82, 2.24) is 19.7 Å². The van der Waals surface area contributed by atoms with Crippen LogP contribution in [0, 0.1) is 0 Å². The number of rotatable bonds is 4. The van der Waals surface area contributed by atoms with Crippen LogP contribution >= 0.6 is 27.3 Å². The Bertz CT molecular complexity index is 505. The minimum absolute atomic E-state index is 0.576. The fourth-order valence-corrected chi connectivity index (χ4v) is 2.86. The summed E-state index contributed by atoms with van der Waals surface area (Å²) < 4.78 is 2.94. The van der Waals surface area contributed by atoms with Crippen LogP contribution in [0.1, 0.15) is 0 Å². The van der Waals surface area contributed by atoms with Crippen molar-refractivity contribution in [2.75, 3.05) is 26.4 Å². The molecule has 0 aromatic carbocycles. The van der Waals surface area contributed by atoms with Crippen molar-refractivity contribution in [3.63, 3.8) is 0 Å². The number of aromatic nitrogens is 3. The molecule has 92 valence electrons. The molecule has 0 aliphatic carbocycles. The van der Waals surface area contributed by atoms with Gasteiger partial charge in [-0.25, -0.2) is 4.98 Å². The Morgan fingerprint density at radius 3 is 2.82 bits per heavy atom. The Kier molecular flexibility index (Phi) is 3.80.